The van der Waals surface area contributed by atoms with Gasteiger partial charge in [-0.25, -0.2) is 0 Å². The van der Waals surface area contributed by atoms with Gasteiger partial charge in [-0.15, -0.1) is 23.2 Å². The van der Waals surface area contributed by atoms with E-state index in [4.69, 9.17) is 23.2 Å². The predicted molar refractivity (Wildman–Crippen MR) is 39.7 cm³/mol. The van der Waals surface area contributed by atoms with E-state index in [2.05, 4.69) is 13.2 Å². The van der Waals surface area contributed by atoms with E-state index in [1.807, 2.05) is 0 Å². The number of hydrogen-bond donors (Lipinski definition) is 0. The Labute approximate surface area is 59.8 Å². The topological polar surface area (TPSA) is 0 Å². The van der Waals surface area contributed by atoms with Crippen LogP contribution < -0.4 is 0 Å². The molecule has 8 heavy (non-hydrogen) atoms. The molecule has 0 aliphatic rings. The number of hydrogen-bond acceptors (Lipinski definition) is 0. The molecule has 0 saturated heterocycles. The van der Waals surface area contributed by atoms with Gasteiger partial charge in [-0.3, -0.25) is 0 Å². The second-order valence-electron chi connectivity index (χ2n) is 1.47. The minimum Gasteiger partial charge on any atom is -0.122 e. The van der Waals surface area contributed by atoms with E-state index in [9.17, 15) is 0 Å². The molecule has 0 amide bonds. The van der Waals surface area contributed by atoms with E-state index in [0.29, 0.717) is 11.8 Å². The molecule has 0 aromatic rings. The van der Waals surface area contributed by atoms with Crippen molar-refractivity contribution < 1.29 is 0 Å². The van der Waals surface area contributed by atoms with Gasteiger partial charge < -0.3 is 0 Å². The van der Waals surface area contributed by atoms with E-state index in [0.717, 1.165) is 11.1 Å². The van der Waals surface area contributed by atoms with Crippen molar-refractivity contribution in [3.05, 3.63) is 24.3 Å². The standard InChI is InChI=1S/C6H8Cl2/c1-5(3-7)6(2)4-8/h1-4H2. The molecular formula is C6H8Cl2. The van der Waals surface area contributed by atoms with Gasteiger partial charge in [0.25, 0.3) is 0 Å². The lowest BCUT2D eigenvalue weighted by Gasteiger charge is -1.98. The second kappa shape index (κ2) is 3.99. The first-order valence-electron chi connectivity index (χ1n) is 2.20. The van der Waals surface area contributed by atoms with Gasteiger partial charge in [-0.1, -0.05) is 13.2 Å². The molecule has 0 aliphatic heterocycles. The highest BCUT2D eigenvalue weighted by atomic mass is 35.5. The van der Waals surface area contributed by atoms with Crippen LogP contribution in [0.15, 0.2) is 24.3 Å². The molecule has 0 heterocycles. The van der Waals surface area contributed by atoms with Gasteiger partial charge in [0.2, 0.25) is 0 Å². The van der Waals surface area contributed by atoms with Crippen LogP contribution in [0.3, 0.4) is 0 Å². The Morgan fingerprint density at radius 2 is 1.25 bits per heavy atom. The lowest BCUT2D eigenvalue weighted by molar-refractivity contribution is 1.40. The minimum absolute atomic E-state index is 0.422. The highest BCUT2D eigenvalue weighted by molar-refractivity contribution is 6.21. The lowest BCUT2D eigenvalue weighted by atomic mass is 10.2. The first-order valence-corrected chi connectivity index (χ1v) is 3.27. The summed E-state index contributed by atoms with van der Waals surface area (Å²) in [6, 6.07) is 0. The molecule has 0 N–H and O–H groups in total. The van der Waals surface area contributed by atoms with E-state index in [-0.39, 0.29) is 0 Å². The normalized spacial score (nSPS) is 8.75. The maximum absolute atomic E-state index is 5.41. The van der Waals surface area contributed by atoms with Crippen molar-refractivity contribution in [1.29, 1.82) is 0 Å². The summed E-state index contributed by atoms with van der Waals surface area (Å²) in [4.78, 5) is 0. The number of halogens is 2. The van der Waals surface area contributed by atoms with Crippen LogP contribution in [-0.2, 0) is 0 Å². The van der Waals surface area contributed by atoms with E-state index in [1.165, 1.54) is 0 Å². The van der Waals surface area contributed by atoms with Crippen LogP contribution in [0.5, 0.6) is 0 Å². The van der Waals surface area contributed by atoms with Crippen molar-refractivity contribution in [2.45, 2.75) is 0 Å². The smallest absolute Gasteiger partial charge is 0.0471 e. The van der Waals surface area contributed by atoms with Gasteiger partial charge in [0.1, 0.15) is 0 Å². The van der Waals surface area contributed by atoms with Gasteiger partial charge >= 0.3 is 0 Å². The Morgan fingerprint density at radius 1 is 1.00 bits per heavy atom. The Kier molecular flexibility index (Phi) is 4.02. The summed E-state index contributed by atoms with van der Waals surface area (Å²) in [6.07, 6.45) is 0. The third kappa shape index (κ3) is 2.39. The van der Waals surface area contributed by atoms with Gasteiger partial charge in [-0.2, -0.15) is 0 Å². The largest absolute Gasteiger partial charge is 0.122 e. The highest BCUT2D eigenvalue weighted by Gasteiger charge is 1.93. The number of rotatable bonds is 3. The third-order valence-corrected chi connectivity index (χ3v) is 1.47. The Morgan fingerprint density at radius 3 is 1.38 bits per heavy atom. The van der Waals surface area contributed by atoms with Crippen LogP contribution in [0.1, 0.15) is 0 Å². The molecule has 0 aromatic heterocycles. The molecule has 0 bridgehead atoms. The van der Waals surface area contributed by atoms with Crippen LogP contribution in [0.4, 0.5) is 0 Å². The third-order valence-electron chi connectivity index (χ3n) is 0.823. The monoisotopic (exact) mass is 150 g/mol. The van der Waals surface area contributed by atoms with Crippen LogP contribution in [-0.4, -0.2) is 11.8 Å². The van der Waals surface area contributed by atoms with Crippen molar-refractivity contribution >= 4 is 23.2 Å². The van der Waals surface area contributed by atoms with Crippen LogP contribution >= 0.6 is 23.2 Å². The van der Waals surface area contributed by atoms with Gasteiger partial charge in [-0.05, 0) is 11.1 Å². The van der Waals surface area contributed by atoms with Crippen molar-refractivity contribution in [1.82, 2.24) is 0 Å². The summed E-state index contributed by atoms with van der Waals surface area (Å²) in [5, 5.41) is 0. The van der Waals surface area contributed by atoms with Crippen LogP contribution in [0, 0.1) is 0 Å². The SMILES string of the molecule is C=C(CCl)C(=C)CCl. The molecular weight excluding hydrogens is 143 g/mol. The molecule has 0 rings (SSSR count). The quantitative estimate of drug-likeness (QED) is 0.429. The summed E-state index contributed by atoms with van der Waals surface area (Å²) in [5.74, 6) is 0.844. The molecule has 0 unspecified atom stereocenters. The van der Waals surface area contributed by atoms with Crippen LogP contribution in [0.25, 0.3) is 0 Å². The molecule has 46 valence electrons. The fourth-order valence-electron chi connectivity index (χ4n) is 0.189. The maximum atomic E-state index is 5.41. The van der Waals surface area contributed by atoms with E-state index < -0.39 is 0 Å². The summed E-state index contributed by atoms with van der Waals surface area (Å²) in [6.45, 7) is 7.26. The molecule has 0 spiro atoms. The minimum atomic E-state index is 0.422. The van der Waals surface area contributed by atoms with Gasteiger partial charge in [0, 0.05) is 11.8 Å². The van der Waals surface area contributed by atoms with Crippen molar-refractivity contribution in [3.63, 3.8) is 0 Å². The van der Waals surface area contributed by atoms with E-state index >= 15 is 0 Å². The molecule has 0 saturated carbocycles. The fraction of sp³-hybridized carbons (Fsp3) is 0.333. The van der Waals surface area contributed by atoms with Crippen molar-refractivity contribution in [3.8, 4) is 0 Å². The number of allylic oxidation sites excluding steroid dienone is 2. The van der Waals surface area contributed by atoms with Crippen molar-refractivity contribution in [2.75, 3.05) is 11.8 Å². The molecule has 2 heteroatoms. The summed E-state index contributed by atoms with van der Waals surface area (Å²) < 4.78 is 0. The Hall–Kier alpha value is 0.0600. The Balaban J connectivity index is 3.64. The lowest BCUT2D eigenvalue weighted by Crippen LogP contribution is -1.87. The summed E-state index contributed by atoms with van der Waals surface area (Å²) in [7, 11) is 0. The van der Waals surface area contributed by atoms with Gasteiger partial charge in [0.15, 0.2) is 0 Å². The first-order chi connectivity index (χ1) is 3.72. The molecule has 0 nitrogen and oxygen atoms in total. The summed E-state index contributed by atoms with van der Waals surface area (Å²) in [5.41, 5.74) is 1.64. The summed E-state index contributed by atoms with van der Waals surface area (Å²) >= 11 is 10.8. The second-order valence-corrected chi connectivity index (χ2v) is 2.01. The Bertz CT molecular complexity index is 91.1. The van der Waals surface area contributed by atoms with Gasteiger partial charge in [0.05, 0.1) is 0 Å². The van der Waals surface area contributed by atoms with E-state index in [1.54, 1.807) is 0 Å². The first kappa shape index (κ1) is 8.06. The zero-order valence-electron chi connectivity index (χ0n) is 4.58. The molecule has 0 fully saturated rings. The zero-order valence-corrected chi connectivity index (χ0v) is 6.10. The van der Waals surface area contributed by atoms with Crippen LogP contribution in [0.2, 0.25) is 0 Å². The van der Waals surface area contributed by atoms with Crippen molar-refractivity contribution in [2.24, 2.45) is 0 Å². The molecule has 0 atom stereocenters. The fourth-order valence-corrected chi connectivity index (χ4v) is 0.567. The molecule has 0 aliphatic carbocycles. The molecule has 0 radical (unpaired) electrons. The number of alkyl halides is 2. The predicted octanol–water partition coefficient (Wildman–Crippen LogP) is 2.58. The zero-order chi connectivity index (χ0) is 6.57. The maximum Gasteiger partial charge on any atom is 0.0471 e. The highest BCUT2D eigenvalue weighted by Crippen LogP contribution is 2.07. The average Bonchev–Trinajstić information content (AvgIpc) is 1.84. The molecule has 0 aromatic carbocycles. The average molecular weight is 151 g/mol.